The second-order valence-corrected chi connectivity index (χ2v) is 9.43. The summed E-state index contributed by atoms with van der Waals surface area (Å²) < 4.78 is 5.81. The van der Waals surface area contributed by atoms with E-state index in [2.05, 4.69) is 36.5 Å². The lowest BCUT2D eigenvalue weighted by Crippen LogP contribution is -2.46. The zero-order valence-corrected chi connectivity index (χ0v) is 20.9. The van der Waals surface area contributed by atoms with Crippen molar-refractivity contribution in [2.24, 2.45) is 0 Å². The molecule has 35 heavy (non-hydrogen) atoms. The van der Waals surface area contributed by atoms with Crippen LogP contribution in [0.15, 0.2) is 87.9 Å². The molecule has 3 aromatic carbocycles. The number of aromatic nitrogens is 2. The van der Waals surface area contributed by atoms with Gasteiger partial charge in [-0.15, -0.1) is 11.8 Å². The summed E-state index contributed by atoms with van der Waals surface area (Å²) in [7, 11) is 0. The summed E-state index contributed by atoms with van der Waals surface area (Å²) in [6.45, 7) is 6.07. The summed E-state index contributed by atoms with van der Waals surface area (Å²) in [5.41, 5.74) is 6.47. The fraction of sp³-hybridized carbons (Fsp3) is 0.179. The average molecular weight is 483 g/mol. The molecule has 4 aromatic rings. The van der Waals surface area contributed by atoms with E-state index in [0.29, 0.717) is 11.7 Å². The Morgan fingerprint density at radius 3 is 2.37 bits per heavy atom. The molecular formula is C28H26N4O2S. The molecule has 0 radical (unpaired) electrons. The van der Waals surface area contributed by atoms with Gasteiger partial charge in [-0.05, 0) is 80.1 Å². The zero-order chi connectivity index (χ0) is 24.5. The van der Waals surface area contributed by atoms with Crippen LogP contribution in [0.5, 0.6) is 0 Å². The first-order valence-corrected chi connectivity index (χ1v) is 12.6. The molecule has 1 atom stereocenters. The molecule has 0 saturated carbocycles. The number of nitrogens with zero attached hydrogens (tertiary/aromatic N) is 3. The number of aryl methyl sites for hydroxylation is 2. The summed E-state index contributed by atoms with van der Waals surface area (Å²) in [5.74, 6) is 0.894. The van der Waals surface area contributed by atoms with E-state index in [0.717, 1.165) is 33.6 Å². The van der Waals surface area contributed by atoms with Crippen molar-refractivity contribution >= 4 is 29.1 Å². The van der Waals surface area contributed by atoms with E-state index in [4.69, 9.17) is 9.51 Å². The van der Waals surface area contributed by atoms with Gasteiger partial charge >= 0.3 is 6.03 Å². The number of benzene rings is 3. The summed E-state index contributed by atoms with van der Waals surface area (Å²) in [5, 5.41) is 7.44. The van der Waals surface area contributed by atoms with Crippen molar-refractivity contribution in [3.63, 3.8) is 0 Å². The Hall–Kier alpha value is -3.84. The molecule has 0 bridgehead atoms. The molecule has 6 nitrogen and oxygen atoms in total. The Morgan fingerprint density at radius 1 is 0.943 bits per heavy atom. The third kappa shape index (κ3) is 4.35. The highest BCUT2D eigenvalue weighted by atomic mass is 32.2. The first kappa shape index (κ1) is 22.9. The van der Waals surface area contributed by atoms with Gasteiger partial charge in [0.15, 0.2) is 0 Å². The SMILES string of the molecule is CSc1ccc(-c2noc(C3=C(C)N(c4ccccc4)C(=O)NC3c3ccc(C)c(C)c3)n2)cc1. The van der Waals surface area contributed by atoms with Gasteiger partial charge in [0.1, 0.15) is 0 Å². The lowest BCUT2D eigenvalue weighted by Gasteiger charge is -2.35. The highest BCUT2D eigenvalue weighted by Gasteiger charge is 2.36. The van der Waals surface area contributed by atoms with E-state index in [1.807, 2.05) is 73.8 Å². The zero-order valence-electron chi connectivity index (χ0n) is 20.1. The van der Waals surface area contributed by atoms with Gasteiger partial charge in [-0.2, -0.15) is 4.98 Å². The topological polar surface area (TPSA) is 71.3 Å². The molecule has 1 N–H and O–H groups in total. The third-order valence-corrected chi connectivity index (χ3v) is 7.11. The van der Waals surface area contributed by atoms with Crippen molar-refractivity contribution in [2.45, 2.75) is 31.7 Å². The van der Waals surface area contributed by atoms with E-state index in [9.17, 15) is 4.79 Å². The molecule has 5 rings (SSSR count). The third-order valence-electron chi connectivity index (χ3n) is 6.37. The van der Waals surface area contributed by atoms with Crippen LogP contribution in [0, 0.1) is 13.8 Å². The molecule has 1 aliphatic rings. The number of hydrogen-bond acceptors (Lipinski definition) is 5. The van der Waals surface area contributed by atoms with Gasteiger partial charge in [0.05, 0.1) is 17.3 Å². The van der Waals surface area contributed by atoms with E-state index in [1.165, 1.54) is 10.5 Å². The maximum absolute atomic E-state index is 13.3. The smallest absolute Gasteiger partial charge is 0.326 e. The molecular weight excluding hydrogens is 456 g/mol. The van der Waals surface area contributed by atoms with Crippen molar-refractivity contribution in [3.05, 3.63) is 101 Å². The lowest BCUT2D eigenvalue weighted by atomic mass is 9.92. The first-order chi connectivity index (χ1) is 17.0. The predicted molar refractivity (Wildman–Crippen MR) is 140 cm³/mol. The Bertz CT molecular complexity index is 1410. The van der Waals surface area contributed by atoms with Crippen LogP contribution in [0.25, 0.3) is 17.0 Å². The number of urea groups is 1. The van der Waals surface area contributed by atoms with Gasteiger partial charge in [-0.25, -0.2) is 4.79 Å². The fourth-order valence-corrected chi connectivity index (χ4v) is 4.70. The molecule has 0 spiro atoms. The average Bonchev–Trinajstić information content (AvgIpc) is 3.36. The van der Waals surface area contributed by atoms with Crippen LogP contribution < -0.4 is 10.2 Å². The van der Waals surface area contributed by atoms with E-state index in [-0.39, 0.29) is 6.03 Å². The van der Waals surface area contributed by atoms with Crippen LogP contribution in [-0.2, 0) is 0 Å². The highest BCUT2D eigenvalue weighted by molar-refractivity contribution is 7.98. The number of allylic oxidation sites excluding steroid dienone is 1. The number of hydrogen-bond donors (Lipinski definition) is 1. The van der Waals surface area contributed by atoms with Gasteiger partial charge in [0.25, 0.3) is 5.89 Å². The molecule has 0 fully saturated rings. The van der Waals surface area contributed by atoms with Crippen LogP contribution in [-0.4, -0.2) is 22.4 Å². The minimum absolute atomic E-state index is 0.201. The molecule has 7 heteroatoms. The lowest BCUT2D eigenvalue weighted by molar-refractivity contribution is 0.244. The first-order valence-electron chi connectivity index (χ1n) is 11.4. The number of rotatable bonds is 5. The minimum Gasteiger partial charge on any atom is -0.334 e. The van der Waals surface area contributed by atoms with Crippen molar-refractivity contribution in [2.75, 3.05) is 11.2 Å². The summed E-state index contributed by atoms with van der Waals surface area (Å²) >= 11 is 1.68. The molecule has 0 aliphatic carbocycles. The van der Waals surface area contributed by atoms with E-state index in [1.54, 1.807) is 16.7 Å². The van der Waals surface area contributed by atoms with Crippen molar-refractivity contribution in [3.8, 4) is 11.4 Å². The molecule has 0 saturated heterocycles. The second kappa shape index (κ2) is 9.43. The number of nitrogens with one attached hydrogen (secondary N) is 1. The van der Waals surface area contributed by atoms with Gasteiger partial charge < -0.3 is 9.84 Å². The minimum atomic E-state index is -0.422. The van der Waals surface area contributed by atoms with Crippen LogP contribution in [0.2, 0.25) is 0 Å². The molecule has 176 valence electrons. The van der Waals surface area contributed by atoms with E-state index >= 15 is 0 Å². The number of thioether (sulfide) groups is 1. The molecule has 1 unspecified atom stereocenters. The Balaban J connectivity index is 1.64. The highest BCUT2D eigenvalue weighted by Crippen LogP contribution is 2.39. The summed E-state index contributed by atoms with van der Waals surface area (Å²) in [6.07, 6.45) is 2.04. The largest absolute Gasteiger partial charge is 0.334 e. The van der Waals surface area contributed by atoms with Crippen LogP contribution >= 0.6 is 11.8 Å². The van der Waals surface area contributed by atoms with Crippen LogP contribution in [0.3, 0.4) is 0 Å². The number of anilines is 1. The van der Waals surface area contributed by atoms with E-state index < -0.39 is 6.04 Å². The quantitative estimate of drug-likeness (QED) is 0.318. The number of para-hydroxylation sites is 1. The summed E-state index contributed by atoms with van der Waals surface area (Å²) in [6, 6.07) is 23.2. The number of carbonyl (C=O) groups excluding carboxylic acids is 1. The molecule has 2 amide bonds. The maximum Gasteiger partial charge on any atom is 0.326 e. The molecule has 2 heterocycles. The van der Waals surface area contributed by atoms with Gasteiger partial charge in [0.2, 0.25) is 5.82 Å². The number of amides is 2. The maximum atomic E-state index is 13.3. The normalized spacial score (nSPS) is 15.9. The molecule has 1 aliphatic heterocycles. The van der Waals surface area contributed by atoms with Crippen molar-refractivity contribution in [1.29, 1.82) is 0 Å². The van der Waals surface area contributed by atoms with Crippen LogP contribution in [0.4, 0.5) is 10.5 Å². The summed E-state index contributed by atoms with van der Waals surface area (Å²) in [4.78, 5) is 20.9. The van der Waals surface area contributed by atoms with Crippen molar-refractivity contribution in [1.82, 2.24) is 15.5 Å². The Labute approximate surface area is 209 Å². The monoisotopic (exact) mass is 482 g/mol. The Kier molecular flexibility index (Phi) is 6.17. The second-order valence-electron chi connectivity index (χ2n) is 8.55. The van der Waals surface area contributed by atoms with Crippen molar-refractivity contribution < 1.29 is 9.32 Å². The van der Waals surface area contributed by atoms with Gasteiger partial charge in [-0.3, -0.25) is 4.90 Å². The van der Waals surface area contributed by atoms with Gasteiger partial charge in [0, 0.05) is 16.2 Å². The molecule has 1 aromatic heterocycles. The predicted octanol–water partition coefficient (Wildman–Crippen LogP) is 6.78. The Morgan fingerprint density at radius 2 is 1.69 bits per heavy atom. The standard InChI is InChI=1S/C28H26N4O2S/c1-17-10-11-21(16-18(17)2)25-24(19(3)32(28(33)29-25)22-8-6-5-7-9-22)27-30-26(31-34-27)20-12-14-23(35-4)15-13-20/h5-16,25H,1-4H3,(H,29,33). The fourth-order valence-electron chi connectivity index (χ4n) is 4.29. The van der Waals surface area contributed by atoms with Crippen LogP contribution in [0.1, 0.15) is 35.5 Å². The number of carbonyl (C=O) groups is 1. The van der Waals surface area contributed by atoms with Gasteiger partial charge in [-0.1, -0.05) is 41.6 Å².